The summed E-state index contributed by atoms with van der Waals surface area (Å²) in [5.41, 5.74) is 7.58. The number of pyridine rings is 2. The van der Waals surface area contributed by atoms with E-state index >= 15 is 0 Å². The molecule has 3 rings (SSSR count). The van der Waals surface area contributed by atoms with E-state index in [-0.39, 0.29) is 5.56 Å². The van der Waals surface area contributed by atoms with Crippen molar-refractivity contribution in [2.45, 2.75) is 39.7 Å². The standard InChI is InChI=1S/C21H27N3O2/c1-13(2)11-21(4,22)12-26-15-6-7-16-17-8-9-23-14(3)19(17)24(5)20(25)18(16)10-15/h6-10,13H,11-12,22H2,1-5H3. The maximum Gasteiger partial charge on any atom is 0.258 e. The lowest BCUT2D eigenvalue weighted by atomic mass is 9.93. The molecule has 5 heteroatoms. The summed E-state index contributed by atoms with van der Waals surface area (Å²) in [5, 5.41) is 2.58. The van der Waals surface area contributed by atoms with Gasteiger partial charge < -0.3 is 15.0 Å². The molecule has 138 valence electrons. The minimum atomic E-state index is -0.403. The van der Waals surface area contributed by atoms with Gasteiger partial charge in [-0.05, 0) is 55.8 Å². The van der Waals surface area contributed by atoms with E-state index in [9.17, 15) is 4.79 Å². The third-order valence-corrected chi connectivity index (χ3v) is 4.70. The summed E-state index contributed by atoms with van der Waals surface area (Å²) >= 11 is 0. The molecule has 1 aromatic carbocycles. The highest BCUT2D eigenvalue weighted by molar-refractivity contribution is 6.06. The fraction of sp³-hybridized carbons (Fsp3) is 0.429. The lowest BCUT2D eigenvalue weighted by Gasteiger charge is -2.26. The zero-order valence-corrected chi connectivity index (χ0v) is 16.2. The van der Waals surface area contributed by atoms with E-state index in [1.165, 1.54) is 0 Å². The zero-order chi connectivity index (χ0) is 19.1. The van der Waals surface area contributed by atoms with Gasteiger partial charge in [0.1, 0.15) is 12.4 Å². The molecule has 1 unspecified atom stereocenters. The van der Waals surface area contributed by atoms with E-state index in [0.717, 1.165) is 28.4 Å². The second kappa shape index (κ2) is 6.72. The molecule has 2 aromatic heterocycles. The Kier molecular flexibility index (Phi) is 4.76. The number of ether oxygens (including phenoxy) is 1. The van der Waals surface area contributed by atoms with Crippen LogP contribution in [0.15, 0.2) is 35.3 Å². The minimum absolute atomic E-state index is 0.0493. The van der Waals surface area contributed by atoms with Gasteiger partial charge in [0.15, 0.2) is 0 Å². The van der Waals surface area contributed by atoms with Crippen molar-refractivity contribution >= 4 is 21.7 Å². The number of benzene rings is 1. The first-order chi connectivity index (χ1) is 12.2. The molecule has 5 nitrogen and oxygen atoms in total. The topological polar surface area (TPSA) is 70.1 Å². The molecule has 3 aromatic rings. The summed E-state index contributed by atoms with van der Waals surface area (Å²) in [7, 11) is 1.78. The van der Waals surface area contributed by atoms with Crippen molar-refractivity contribution in [3.63, 3.8) is 0 Å². The molecule has 0 aliphatic carbocycles. The number of fused-ring (bicyclic) bond motifs is 3. The van der Waals surface area contributed by atoms with Crippen LogP contribution in [0.1, 0.15) is 32.9 Å². The first-order valence-corrected chi connectivity index (χ1v) is 8.99. The smallest absolute Gasteiger partial charge is 0.258 e. The second-order valence-electron chi connectivity index (χ2n) is 7.90. The van der Waals surface area contributed by atoms with Crippen molar-refractivity contribution in [3.8, 4) is 5.75 Å². The Hall–Kier alpha value is -2.40. The molecule has 2 heterocycles. The van der Waals surface area contributed by atoms with Gasteiger partial charge in [-0.3, -0.25) is 9.78 Å². The molecule has 0 aliphatic heterocycles. The highest BCUT2D eigenvalue weighted by Gasteiger charge is 2.21. The predicted molar refractivity (Wildman–Crippen MR) is 107 cm³/mol. The summed E-state index contributed by atoms with van der Waals surface area (Å²) < 4.78 is 7.59. The van der Waals surface area contributed by atoms with E-state index in [2.05, 4.69) is 18.8 Å². The number of nitrogens with zero attached hydrogens (tertiary/aromatic N) is 2. The van der Waals surface area contributed by atoms with Crippen molar-refractivity contribution in [1.29, 1.82) is 0 Å². The monoisotopic (exact) mass is 353 g/mol. The van der Waals surface area contributed by atoms with Crippen molar-refractivity contribution in [2.24, 2.45) is 18.7 Å². The van der Waals surface area contributed by atoms with E-state index in [1.807, 2.05) is 38.1 Å². The number of hydrogen-bond acceptors (Lipinski definition) is 4. The molecule has 2 N–H and O–H groups in total. The molecule has 0 radical (unpaired) electrons. The molecule has 0 fully saturated rings. The van der Waals surface area contributed by atoms with Crippen LogP contribution in [0, 0.1) is 12.8 Å². The Balaban J connectivity index is 2.03. The lowest BCUT2D eigenvalue weighted by Crippen LogP contribution is -2.43. The fourth-order valence-electron chi connectivity index (χ4n) is 3.75. The van der Waals surface area contributed by atoms with Crippen LogP contribution in [0.2, 0.25) is 0 Å². The Labute approximate surface area is 153 Å². The average molecular weight is 353 g/mol. The Morgan fingerprint density at radius 1 is 1.23 bits per heavy atom. The molecule has 0 saturated carbocycles. The van der Waals surface area contributed by atoms with Crippen LogP contribution < -0.4 is 16.0 Å². The second-order valence-corrected chi connectivity index (χ2v) is 7.90. The van der Waals surface area contributed by atoms with Crippen LogP contribution in [0.3, 0.4) is 0 Å². The van der Waals surface area contributed by atoms with Gasteiger partial charge in [-0.25, -0.2) is 0 Å². The van der Waals surface area contributed by atoms with Crippen LogP contribution in [0.5, 0.6) is 5.75 Å². The number of aryl methyl sites for hydroxylation is 2. The zero-order valence-electron chi connectivity index (χ0n) is 16.2. The summed E-state index contributed by atoms with van der Waals surface area (Å²) in [6.07, 6.45) is 2.65. The SMILES string of the molecule is Cc1nccc2c3ccc(OCC(C)(N)CC(C)C)cc3c(=O)n(C)c12. The largest absolute Gasteiger partial charge is 0.492 e. The molecule has 0 amide bonds. The average Bonchev–Trinajstić information content (AvgIpc) is 2.56. The van der Waals surface area contributed by atoms with E-state index in [1.54, 1.807) is 17.8 Å². The van der Waals surface area contributed by atoms with E-state index in [4.69, 9.17) is 10.5 Å². The van der Waals surface area contributed by atoms with Gasteiger partial charge in [0.25, 0.3) is 5.56 Å². The van der Waals surface area contributed by atoms with E-state index < -0.39 is 5.54 Å². The van der Waals surface area contributed by atoms with Gasteiger partial charge in [0.2, 0.25) is 0 Å². The van der Waals surface area contributed by atoms with Crippen molar-refractivity contribution in [2.75, 3.05) is 6.61 Å². The maximum absolute atomic E-state index is 12.8. The van der Waals surface area contributed by atoms with Gasteiger partial charge in [-0.2, -0.15) is 0 Å². The maximum atomic E-state index is 12.8. The number of hydrogen-bond donors (Lipinski definition) is 1. The van der Waals surface area contributed by atoms with Gasteiger partial charge in [0.05, 0.1) is 16.6 Å². The third kappa shape index (κ3) is 3.44. The Morgan fingerprint density at radius 3 is 2.65 bits per heavy atom. The van der Waals surface area contributed by atoms with E-state index in [0.29, 0.717) is 23.7 Å². The first kappa shape index (κ1) is 18.4. The highest BCUT2D eigenvalue weighted by Crippen LogP contribution is 2.27. The predicted octanol–water partition coefficient (Wildman–Crippen LogP) is 3.54. The molecular weight excluding hydrogens is 326 g/mol. The number of rotatable bonds is 5. The molecule has 0 spiro atoms. The quantitative estimate of drug-likeness (QED) is 0.712. The van der Waals surface area contributed by atoms with Gasteiger partial charge >= 0.3 is 0 Å². The van der Waals surface area contributed by atoms with Crippen LogP contribution in [-0.2, 0) is 7.05 Å². The van der Waals surface area contributed by atoms with Gasteiger partial charge in [-0.15, -0.1) is 0 Å². The van der Waals surface area contributed by atoms with Crippen molar-refractivity contribution < 1.29 is 4.74 Å². The van der Waals surface area contributed by atoms with Crippen LogP contribution >= 0.6 is 0 Å². The Bertz CT molecular complexity index is 1020. The Morgan fingerprint density at radius 2 is 1.96 bits per heavy atom. The third-order valence-electron chi connectivity index (χ3n) is 4.70. The van der Waals surface area contributed by atoms with Crippen molar-refractivity contribution in [3.05, 3.63) is 46.5 Å². The van der Waals surface area contributed by atoms with Crippen LogP contribution in [-0.4, -0.2) is 21.7 Å². The summed E-state index contributed by atoms with van der Waals surface area (Å²) in [6.45, 7) is 8.62. The molecule has 26 heavy (non-hydrogen) atoms. The van der Waals surface area contributed by atoms with Gasteiger partial charge in [-0.1, -0.05) is 13.8 Å². The summed E-state index contributed by atoms with van der Waals surface area (Å²) in [5.74, 6) is 1.17. The minimum Gasteiger partial charge on any atom is -0.492 e. The molecular formula is C21H27N3O2. The fourth-order valence-corrected chi connectivity index (χ4v) is 3.75. The van der Waals surface area contributed by atoms with Gasteiger partial charge in [0, 0.05) is 24.2 Å². The first-order valence-electron chi connectivity index (χ1n) is 8.99. The van der Waals surface area contributed by atoms with Crippen LogP contribution in [0.25, 0.3) is 21.7 Å². The molecule has 0 bridgehead atoms. The number of nitrogens with two attached hydrogens (primary N) is 1. The lowest BCUT2D eigenvalue weighted by molar-refractivity contribution is 0.207. The molecule has 1 atom stereocenters. The van der Waals surface area contributed by atoms with Crippen LogP contribution in [0.4, 0.5) is 0 Å². The summed E-state index contributed by atoms with van der Waals surface area (Å²) in [6, 6.07) is 7.62. The summed E-state index contributed by atoms with van der Waals surface area (Å²) in [4.78, 5) is 17.2. The molecule has 0 saturated heterocycles. The number of aromatic nitrogens is 2. The highest BCUT2D eigenvalue weighted by atomic mass is 16.5. The van der Waals surface area contributed by atoms with Crippen molar-refractivity contribution in [1.82, 2.24) is 9.55 Å². The normalized spacial score (nSPS) is 14.1. The molecule has 0 aliphatic rings.